The van der Waals surface area contributed by atoms with Crippen molar-refractivity contribution in [3.63, 3.8) is 0 Å². The normalized spacial score (nSPS) is 17.6. The van der Waals surface area contributed by atoms with E-state index in [9.17, 15) is 13.2 Å². The second kappa shape index (κ2) is 7.44. The Hall–Kier alpha value is -1.99. The van der Waals surface area contributed by atoms with Crippen LogP contribution in [0.25, 0.3) is 11.3 Å². The van der Waals surface area contributed by atoms with Crippen molar-refractivity contribution >= 4 is 10.0 Å². The molecule has 1 aromatic heterocycles. The van der Waals surface area contributed by atoms with Crippen molar-refractivity contribution in [3.05, 3.63) is 45.2 Å². The van der Waals surface area contributed by atoms with Crippen LogP contribution in [0.5, 0.6) is 0 Å². The standard InChI is InChI=1S/C21H27N3O3S/c1-3-15-10-11-16(14-19(15)28(26,27)24-12-6-7-13-24)20-17-8-4-5-9-18(17)21(25)23(2)22-20/h10-11,14H,3-9,12-13H2,1-2H3. The molecule has 0 N–H and O–H groups in total. The van der Waals surface area contributed by atoms with E-state index < -0.39 is 10.0 Å². The number of nitrogens with zero attached hydrogens (tertiary/aromatic N) is 3. The zero-order chi connectivity index (χ0) is 19.9. The third-order valence-corrected chi connectivity index (χ3v) is 7.94. The molecule has 0 radical (unpaired) electrons. The molecule has 2 aromatic rings. The molecule has 0 amide bonds. The van der Waals surface area contributed by atoms with E-state index >= 15 is 0 Å². The van der Waals surface area contributed by atoms with E-state index in [0.29, 0.717) is 24.4 Å². The molecule has 6 nitrogen and oxygen atoms in total. The van der Waals surface area contributed by atoms with E-state index in [2.05, 4.69) is 5.10 Å². The molecule has 1 saturated heterocycles. The Morgan fingerprint density at radius 1 is 1.04 bits per heavy atom. The van der Waals surface area contributed by atoms with Crippen molar-refractivity contribution in [1.82, 2.24) is 14.1 Å². The molecule has 1 aliphatic heterocycles. The molecular weight excluding hydrogens is 374 g/mol. The summed E-state index contributed by atoms with van der Waals surface area (Å²) in [6.45, 7) is 3.15. The summed E-state index contributed by atoms with van der Waals surface area (Å²) in [5.41, 5.74) is 4.15. The monoisotopic (exact) mass is 401 g/mol. The summed E-state index contributed by atoms with van der Waals surface area (Å²) in [5.74, 6) is 0. The Morgan fingerprint density at radius 2 is 1.71 bits per heavy atom. The predicted octanol–water partition coefficient (Wildman–Crippen LogP) is 2.67. The van der Waals surface area contributed by atoms with Crippen molar-refractivity contribution in [2.45, 2.75) is 56.8 Å². The van der Waals surface area contributed by atoms with Gasteiger partial charge in [0.1, 0.15) is 0 Å². The van der Waals surface area contributed by atoms with Crippen LogP contribution in [-0.2, 0) is 36.3 Å². The summed E-state index contributed by atoms with van der Waals surface area (Å²) in [6, 6.07) is 5.62. The van der Waals surface area contributed by atoms with Gasteiger partial charge in [-0.1, -0.05) is 19.1 Å². The first kappa shape index (κ1) is 19.3. The van der Waals surface area contributed by atoms with Gasteiger partial charge in [-0.25, -0.2) is 13.1 Å². The molecule has 150 valence electrons. The molecule has 0 spiro atoms. The number of hydrogen-bond acceptors (Lipinski definition) is 4. The molecule has 1 aromatic carbocycles. The van der Waals surface area contributed by atoms with Gasteiger partial charge in [0, 0.05) is 31.3 Å². The van der Waals surface area contributed by atoms with E-state index in [1.54, 1.807) is 17.4 Å². The van der Waals surface area contributed by atoms with Crippen LogP contribution >= 0.6 is 0 Å². The lowest BCUT2D eigenvalue weighted by Gasteiger charge is -2.21. The summed E-state index contributed by atoms with van der Waals surface area (Å²) in [7, 11) is -1.84. The van der Waals surface area contributed by atoms with Gasteiger partial charge in [-0.3, -0.25) is 4.79 Å². The maximum absolute atomic E-state index is 13.3. The highest BCUT2D eigenvalue weighted by atomic mass is 32.2. The molecule has 4 rings (SSSR count). The Labute approximate surface area is 166 Å². The molecule has 7 heteroatoms. The number of sulfonamides is 1. The Balaban J connectivity index is 1.89. The summed E-state index contributed by atoms with van der Waals surface area (Å²) in [5, 5.41) is 4.53. The van der Waals surface area contributed by atoms with Gasteiger partial charge in [0.05, 0.1) is 10.6 Å². The Kier molecular flexibility index (Phi) is 5.14. The van der Waals surface area contributed by atoms with Gasteiger partial charge in [0.2, 0.25) is 10.0 Å². The van der Waals surface area contributed by atoms with Gasteiger partial charge in [-0.05, 0) is 62.1 Å². The van der Waals surface area contributed by atoms with Crippen molar-refractivity contribution in [2.24, 2.45) is 7.05 Å². The summed E-state index contributed by atoms with van der Waals surface area (Å²) in [6.07, 6.45) is 6.10. The van der Waals surface area contributed by atoms with Crippen LogP contribution in [-0.4, -0.2) is 35.6 Å². The van der Waals surface area contributed by atoms with E-state index in [0.717, 1.165) is 66.5 Å². The fourth-order valence-electron chi connectivity index (χ4n) is 4.39. The highest BCUT2D eigenvalue weighted by Gasteiger charge is 2.30. The largest absolute Gasteiger partial charge is 0.269 e. The van der Waals surface area contributed by atoms with Gasteiger partial charge < -0.3 is 0 Å². The van der Waals surface area contributed by atoms with Crippen molar-refractivity contribution in [1.29, 1.82) is 0 Å². The topological polar surface area (TPSA) is 72.3 Å². The second-order valence-corrected chi connectivity index (χ2v) is 9.64. The van der Waals surface area contributed by atoms with Crippen LogP contribution in [0.2, 0.25) is 0 Å². The summed E-state index contributed by atoms with van der Waals surface area (Å²) in [4.78, 5) is 12.9. The van der Waals surface area contributed by atoms with Gasteiger partial charge in [0.25, 0.3) is 5.56 Å². The van der Waals surface area contributed by atoms with Crippen LogP contribution in [0, 0.1) is 0 Å². The van der Waals surface area contributed by atoms with Crippen molar-refractivity contribution in [2.75, 3.05) is 13.1 Å². The number of aromatic nitrogens is 2. The Bertz CT molecular complexity index is 1070. The lowest BCUT2D eigenvalue weighted by Crippen LogP contribution is -2.29. The summed E-state index contributed by atoms with van der Waals surface area (Å²) >= 11 is 0. The first-order valence-electron chi connectivity index (χ1n) is 10.2. The number of rotatable bonds is 4. The smallest absolute Gasteiger partial charge is 0.268 e. The summed E-state index contributed by atoms with van der Waals surface area (Å²) < 4.78 is 29.5. The molecule has 0 unspecified atom stereocenters. The fraction of sp³-hybridized carbons (Fsp3) is 0.524. The number of aryl methyl sites for hydroxylation is 2. The third-order valence-electron chi connectivity index (χ3n) is 5.96. The zero-order valence-electron chi connectivity index (χ0n) is 16.6. The number of hydrogen-bond donors (Lipinski definition) is 0. The van der Waals surface area contributed by atoms with E-state index in [1.807, 2.05) is 19.1 Å². The lowest BCUT2D eigenvalue weighted by molar-refractivity contribution is 0.476. The quantitative estimate of drug-likeness (QED) is 0.790. The highest BCUT2D eigenvalue weighted by molar-refractivity contribution is 7.89. The van der Waals surface area contributed by atoms with Crippen LogP contribution in [0.1, 0.15) is 49.3 Å². The number of benzene rings is 1. The fourth-order valence-corrected chi connectivity index (χ4v) is 6.22. The minimum Gasteiger partial charge on any atom is -0.268 e. The van der Waals surface area contributed by atoms with Gasteiger partial charge in [-0.2, -0.15) is 9.40 Å². The average molecular weight is 402 g/mol. The van der Waals surface area contributed by atoms with Crippen LogP contribution in [0.3, 0.4) is 0 Å². The highest BCUT2D eigenvalue weighted by Crippen LogP contribution is 2.32. The van der Waals surface area contributed by atoms with E-state index in [1.165, 1.54) is 4.68 Å². The molecule has 28 heavy (non-hydrogen) atoms. The first-order valence-corrected chi connectivity index (χ1v) is 11.6. The van der Waals surface area contributed by atoms with Gasteiger partial charge in [-0.15, -0.1) is 0 Å². The number of fused-ring (bicyclic) bond motifs is 1. The van der Waals surface area contributed by atoms with Crippen LogP contribution in [0.4, 0.5) is 0 Å². The maximum atomic E-state index is 13.3. The average Bonchev–Trinajstić information content (AvgIpc) is 3.26. The molecule has 2 aliphatic rings. The Morgan fingerprint density at radius 3 is 2.39 bits per heavy atom. The molecule has 0 atom stereocenters. The molecule has 1 fully saturated rings. The molecule has 2 heterocycles. The van der Waals surface area contributed by atoms with E-state index in [4.69, 9.17) is 0 Å². The molecular formula is C21H27N3O3S. The van der Waals surface area contributed by atoms with Crippen LogP contribution < -0.4 is 5.56 Å². The SMILES string of the molecule is CCc1ccc(-c2nn(C)c(=O)c3c2CCCC3)cc1S(=O)(=O)N1CCCC1. The lowest BCUT2D eigenvalue weighted by atomic mass is 9.89. The third kappa shape index (κ3) is 3.20. The minimum absolute atomic E-state index is 0.0338. The predicted molar refractivity (Wildman–Crippen MR) is 109 cm³/mol. The molecule has 1 aliphatic carbocycles. The molecule has 0 saturated carbocycles. The van der Waals surface area contributed by atoms with Crippen molar-refractivity contribution in [3.8, 4) is 11.3 Å². The van der Waals surface area contributed by atoms with Gasteiger partial charge >= 0.3 is 0 Å². The van der Waals surface area contributed by atoms with Crippen LogP contribution in [0.15, 0.2) is 27.9 Å². The first-order chi connectivity index (χ1) is 13.4. The van der Waals surface area contributed by atoms with Crippen molar-refractivity contribution < 1.29 is 8.42 Å². The van der Waals surface area contributed by atoms with E-state index in [-0.39, 0.29) is 5.56 Å². The minimum atomic E-state index is -3.51. The van der Waals surface area contributed by atoms with Gasteiger partial charge in [0.15, 0.2) is 0 Å². The molecule has 0 bridgehead atoms. The zero-order valence-corrected chi connectivity index (χ0v) is 17.4. The maximum Gasteiger partial charge on any atom is 0.269 e. The second-order valence-electron chi connectivity index (χ2n) is 7.73.